The van der Waals surface area contributed by atoms with Gasteiger partial charge in [0, 0.05) is 5.92 Å². The molecular formula is C7H12O. The van der Waals surface area contributed by atoms with Gasteiger partial charge in [0.2, 0.25) is 0 Å². The molecule has 0 saturated carbocycles. The molecule has 0 aromatic heterocycles. The van der Waals surface area contributed by atoms with Crippen molar-refractivity contribution in [2.75, 3.05) is 0 Å². The van der Waals surface area contributed by atoms with E-state index in [2.05, 4.69) is 0 Å². The Morgan fingerprint density at radius 2 is 2.25 bits per heavy atom. The summed E-state index contributed by atoms with van der Waals surface area (Å²) in [5.41, 5.74) is 0. The lowest BCUT2D eigenvalue weighted by Crippen LogP contribution is -1.91. The fourth-order valence-electron chi connectivity index (χ4n) is 0.406. The second-order valence-corrected chi connectivity index (χ2v) is 1.92. The average molecular weight is 112 g/mol. The first-order valence-corrected chi connectivity index (χ1v) is 2.87. The molecule has 46 valence electrons. The monoisotopic (exact) mass is 112 g/mol. The molecule has 1 unspecified atom stereocenters. The molecule has 0 fully saturated rings. The molecule has 0 aliphatic rings. The zero-order valence-electron chi connectivity index (χ0n) is 5.42. The summed E-state index contributed by atoms with van der Waals surface area (Å²) in [4.78, 5) is 9.98. The number of hydrogen-bond donors (Lipinski definition) is 0. The highest BCUT2D eigenvalue weighted by Gasteiger charge is 1.91. The molecular weight excluding hydrogens is 100 g/mol. The maximum Gasteiger partial charge on any atom is 0.123 e. The molecule has 0 spiro atoms. The van der Waals surface area contributed by atoms with Crippen molar-refractivity contribution < 1.29 is 4.79 Å². The first-order chi connectivity index (χ1) is 3.81. The second kappa shape index (κ2) is 4.57. The molecule has 1 atom stereocenters. The molecule has 0 aliphatic heterocycles. The van der Waals surface area contributed by atoms with Crippen molar-refractivity contribution in [3.05, 3.63) is 12.2 Å². The van der Waals surface area contributed by atoms with Crippen molar-refractivity contribution in [2.45, 2.75) is 20.3 Å². The molecule has 0 amide bonds. The molecule has 1 nitrogen and oxygen atoms in total. The summed E-state index contributed by atoms with van der Waals surface area (Å²) in [7, 11) is 0. The van der Waals surface area contributed by atoms with Gasteiger partial charge >= 0.3 is 0 Å². The Morgan fingerprint density at radius 1 is 1.62 bits per heavy atom. The summed E-state index contributed by atoms with van der Waals surface area (Å²) in [6.07, 6.45) is 5.80. The molecule has 0 aromatic rings. The van der Waals surface area contributed by atoms with Crippen LogP contribution in [-0.4, -0.2) is 6.29 Å². The van der Waals surface area contributed by atoms with Gasteiger partial charge in [0.15, 0.2) is 0 Å². The van der Waals surface area contributed by atoms with Gasteiger partial charge in [0.05, 0.1) is 0 Å². The van der Waals surface area contributed by atoms with E-state index in [1.54, 1.807) is 0 Å². The van der Waals surface area contributed by atoms with Crippen molar-refractivity contribution in [3.8, 4) is 0 Å². The van der Waals surface area contributed by atoms with E-state index >= 15 is 0 Å². The van der Waals surface area contributed by atoms with Crippen LogP contribution >= 0.6 is 0 Å². The van der Waals surface area contributed by atoms with E-state index in [0.717, 1.165) is 12.7 Å². The molecule has 0 aliphatic carbocycles. The highest BCUT2D eigenvalue weighted by atomic mass is 16.1. The smallest absolute Gasteiger partial charge is 0.123 e. The minimum atomic E-state index is 0.186. The van der Waals surface area contributed by atoms with Crippen molar-refractivity contribution in [1.82, 2.24) is 0 Å². The Morgan fingerprint density at radius 3 is 2.62 bits per heavy atom. The van der Waals surface area contributed by atoms with Gasteiger partial charge in [-0.15, -0.1) is 0 Å². The van der Waals surface area contributed by atoms with Crippen LogP contribution in [0.3, 0.4) is 0 Å². The van der Waals surface area contributed by atoms with Crippen molar-refractivity contribution >= 4 is 6.29 Å². The van der Waals surface area contributed by atoms with E-state index in [4.69, 9.17) is 0 Å². The molecule has 0 N–H and O–H groups in total. The number of carbonyl (C=O) groups excluding carboxylic acids is 1. The fraction of sp³-hybridized carbons (Fsp3) is 0.571. The topological polar surface area (TPSA) is 17.1 Å². The van der Waals surface area contributed by atoms with E-state index in [9.17, 15) is 4.79 Å². The van der Waals surface area contributed by atoms with Gasteiger partial charge in [0.1, 0.15) is 6.29 Å². The Labute approximate surface area is 50.4 Å². The SMILES string of the molecule is CC=CCC(C)C=O. The standard InChI is InChI=1S/C7H12O/c1-3-4-5-7(2)6-8/h3-4,6-7H,5H2,1-2H3. The predicted molar refractivity (Wildman–Crippen MR) is 34.7 cm³/mol. The highest BCUT2D eigenvalue weighted by Crippen LogP contribution is 1.96. The summed E-state index contributed by atoms with van der Waals surface area (Å²) in [5, 5.41) is 0. The minimum absolute atomic E-state index is 0.186. The van der Waals surface area contributed by atoms with Crippen molar-refractivity contribution in [2.24, 2.45) is 5.92 Å². The van der Waals surface area contributed by atoms with Crippen LogP contribution in [0.15, 0.2) is 12.2 Å². The first-order valence-electron chi connectivity index (χ1n) is 2.87. The largest absolute Gasteiger partial charge is 0.303 e. The van der Waals surface area contributed by atoms with Gasteiger partial charge in [-0.05, 0) is 13.3 Å². The zero-order valence-corrected chi connectivity index (χ0v) is 5.42. The third-order valence-corrected chi connectivity index (χ3v) is 0.976. The lowest BCUT2D eigenvalue weighted by Gasteiger charge is -1.92. The molecule has 0 rings (SSSR count). The summed E-state index contributed by atoms with van der Waals surface area (Å²) < 4.78 is 0. The van der Waals surface area contributed by atoms with Crippen LogP contribution in [0.5, 0.6) is 0 Å². The van der Waals surface area contributed by atoms with Crippen molar-refractivity contribution in [3.63, 3.8) is 0 Å². The summed E-state index contributed by atoms with van der Waals surface area (Å²) in [5.74, 6) is 0.186. The Bertz CT molecular complexity index is 84.4. The van der Waals surface area contributed by atoms with Crippen LogP contribution in [0.2, 0.25) is 0 Å². The van der Waals surface area contributed by atoms with E-state index in [-0.39, 0.29) is 5.92 Å². The molecule has 0 saturated heterocycles. The number of carbonyl (C=O) groups is 1. The number of allylic oxidation sites excluding steroid dienone is 2. The van der Waals surface area contributed by atoms with Gasteiger partial charge < -0.3 is 4.79 Å². The van der Waals surface area contributed by atoms with E-state index < -0.39 is 0 Å². The predicted octanol–water partition coefficient (Wildman–Crippen LogP) is 1.79. The molecule has 0 bridgehead atoms. The van der Waals surface area contributed by atoms with Gasteiger partial charge in [-0.25, -0.2) is 0 Å². The molecule has 0 heterocycles. The zero-order chi connectivity index (χ0) is 6.41. The molecule has 0 radical (unpaired) electrons. The highest BCUT2D eigenvalue weighted by molar-refractivity contribution is 5.52. The van der Waals surface area contributed by atoms with Crippen LogP contribution in [0.25, 0.3) is 0 Å². The third-order valence-electron chi connectivity index (χ3n) is 0.976. The van der Waals surface area contributed by atoms with Crippen LogP contribution in [0.4, 0.5) is 0 Å². The molecule has 8 heavy (non-hydrogen) atoms. The number of aldehydes is 1. The lowest BCUT2D eigenvalue weighted by atomic mass is 10.1. The normalized spacial score (nSPS) is 14.2. The van der Waals surface area contributed by atoms with Crippen LogP contribution < -0.4 is 0 Å². The van der Waals surface area contributed by atoms with E-state index in [1.165, 1.54) is 0 Å². The quantitative estimate of drug-likeness (QED) is 0.402. The van der Waals surface area contributed by atoms with Crippen LogP contribution in [0.1, 0.15) is 20.3 Å². The van der Waals surface area contributed by atoms with Gasteiger partial charge in [0.25, 0.3) is 0 Å². The molecule has 1 heteroatoms. The lowest BCUT2D eigenvalue weighted by molar-refractivity contribution is -0.110. The Balaban J connectivity index is 3.23. The van der Waals surface area contributed by atoms with Crippen molar-refractivity contribution in [1.29, 1.82) is 0 Å². The van der Waals surface area contributed by atoms with E-state index in [1.807, 2.05) is 26.0 Å². The minimum Gasteiger partial charge on any atom is -0.303 e. The number of hydrogen-bond acceptors (Lipinski definition) is 1. The summed E-state index contributed by atoms with van der Waals surface area (Å²) in [6.45, 7) is 3.87. The Hall–Kier alpha value is -0.590. The van der Waals surface area contributed by atoms with Crippen LogP contribution in [-0.2, 0) is 4.79 Å². The number of rotatable bonds is 3. The van der Waals surface area contributed by atoms with Gasteiger partial charge in [-0.3, -0.25) is 0 Å². The summed E-state index contributed by atoms with van der Waals surface area (Å²) >= 11 is 0. The van der Waals surface area contributed by atoms with Crippen LogP contribution in [0, 0.1) is 5.92 Å². The van der Waals surface area contributed by atoms with E-state index in [0.29, 0.717) is 0 Å². The second-order valence-electron chi connectivity index (χ2n) is 1.92. The maximum atomic E-state index is 9.98. The molecule has 0 aromatic carbocycles. The summed E-state index contributed by atoms with van der Waals surface area (Å²) in [6, 6.07) is 0. The van der Waals surface area contributed by atoms with Gasteiger partial charge in [-0.2, -0.15) is 0 Å². The third kappa shape index (κ3) is 3.59. The maximum absolute atomic E-state index is 9.98. The fourth-order valence-corrected chi connectivity index (χ4v) is 0.406. The first kappa shape index (κ1) is 7.41. The average Bonchev–Trinajstić information content (AvgIpc) is 1.83. The van der Waals surface area contributed by atoms with Gasteiger partial charge in [-0.1, -0.05) is 19.1 Å². The Kier molecular flexibility index (Phi) is 4.23.